The first kappa shape index (κ1) is 19.7. The molecule has 0 aliphatic heterocycles. The molecule has 0 amide bonds. The highest BCUT2D eigenvalue weighted by atomic mass is 35.6. The van der Waals surface area contributed by atoms with E-state index in [0.717, 1.165) is 0 Å². The molecule has 0 saturated heterocycles. The highest BCUT2D eigenvalue weighted by molar-refractivity contribution is 6.67. The molecule has 1 rings (SSSR count). The van der Waals surface area contributed by atoms with Gasteiger partial charge >= 0.3 is 5.97 Å². The van der Waals surface area contributed by atoms with Crippen molar-refractivity contribution in [1.29, 1.82) is 0 Å². The lowest BCUT2D eigenvalue weighted by atomic mass is 9.92. The van der Waals surface area contributed by atoms with Crippen molar-refractivity contribution >= 4 is 52.4 Å². The lowest BCUT2D eigenvalue weighted by Gasteiger charge is -2.34. The van der Waals surface area contributed by atoms with Crippen LogP contribution in [0.4, 0.5) is 0 Å². The van der Waals surface area contributed by atoms with E-state index in [4.69, 9.17) is 55.9 Å². The van der Waals surface area contributed by atoms with Crippen molar-refractivity contribution in [3.05, 3.63) is 29.8 Å². The summed E-state index contributed by atoms with van der Waals surface area (Å²) < 4.78 is 9.45. The van der Waals surface area contributed by atoms with Crippen LogP contribution in [-0.2, 0) is 15.1 Å². The molecule has 0 aromatic heterocycles. The molecular formula is C15H18Cl4O3. The van der Waals surface area contributed by atoms with Gasteiger partial charge in [-0.05, 0) is 26.0 Å². The second-order valence-electron chi connectivity index (χ2n) is 5.21. The first-order valence-electron chi connectivity index (χ1n) is 6.67. The van der Waals surface area contributed by atoms with Gasteiger partial charge in [-0.3, -0.25) is 4.79 Å². The normalized spacial score (nSPS) is 14.5. The molecule has 0 radical (unpaired) electrons. The molecule has 0 heterocycles. The molecule has 22 heavy (non-hydrogen) atoms. The highest BCUT2D eigenvalue weighted by Crippen LogP contribution is 2.43. The van der Waals surface area contributed by atoms with E-state index >= 15 is 0 Å². The van der Waals surface area contributed by atoms with Crippen molar-refractivity contribution in [3.63, 3.8) is 0 Å². The third-order valence-corrected chi connectivity index (χ3v) is 3.61. The molecule has 0 fully saturated rings. The summed E-state index contributed by atoms with van der Waals surface area (Å²) in [6.45, 7) is 5.11. The molecule has 3 nitrogen and oxygen atoms in total. The minimum absolute atomic E-state index is 0.00236. The third-order valence-electron chi connectivity index (χ3n) is 2.77. The smallest absolute Gasteiger partial charge is 0.303 e. The number of carbonyl (C=O) groups is 1. The van der Waals surface area contributed by atoms with Gasteiger partial charge in [0.1, 0.15) is 5.75 Å². The largest absolute Gasteiger partial charge is 0.491 e. The number of esters is 1. The lowest BCUT2D eigenvalue weighted by Crippen LogP contribution is -2.37. The Morgan fingerprint density at radius 3 is 2.36 bits per heavy atom. The van der Waals surface area contributed by atoms with Gasteiger partial charge in [0.2, 0.25) is 0 Å². The Kier molecular flexibility index (Phi) is 7.13. The molecule has 1 atom stereocenters. The Hall–Kier alpha value is -0.350. The number of alkyl halides is 4. The maximum Gasteiger partial charge on any atom is 0.303 e. The van der Waals surface area contributed by atoms with Gasteiger partial charge in [0, 0.05) is 18.9 Å². The third kappa shape index (κ3) is 6.04. The molecule has 1 aromatic rings. The maximum atomic E-state index is 11.5. The predicted molar refractivity (Wildman–Crippen MR) is 91.3 cm³/mol. The number of rotatable bonds is 6. The number of halogens is 4. The molecule has 0 spiro atoms. The summed E-state index contributed by atoms with van der Waals surface area (Å²) in [6.07, 6.45) is -0.0682. The Balaban J connectivity index is 3.27. The minimum Gasteiger partial charge on any atom is -0.491 e. The summed E-state index contributed by atoms with van der Waals surface area (Å²) in [7, 11) is 0. The highest BCUT2D eigenvalue weighted by Gasteiger charge is 2.42. The van der Waals surface area contributed by atoms with Crippen molar-refractivity contribution in [2.45, 2.75) is 42.7 Å². The van der Waals surface area contributed by atoms with Gasteiger partial charge in [-0.15, -0.1) is 11.6 Å². The van der Waals surface area contributed by atoms with E-state index in [1.54, 1.807) is 24.3 Å². The Labute approximate surface area is 150 Å². The molecule has 0 bridgehead atoms. The molecule has 0 N–H and O–H groups in total. The van der Waals surface area contributed by atoms with Crippen LogP contribution in [0.1, 0.15) is 32.8 Å². The van der Waals surface area contributed by atoms with Gasteiger partial charge < -0.3 is 9.47 Å². The predicted octanol–water partition coefficient (Wildman–Crippen LogP) is 5.23. The quantitative estimate of drug-likeness (QED) is 0.495. The average Bonchev–Trinajstić information content (AvgIpc) is 2.35. The minimum atomic E-state index is -1.63. The summed E-state index contributed by atoms with van der Waals surface area (Å²) in [6, 6.07) is 7.07. The zero-order chi connectivity index (χ0) is 17.0. The molecule has 7 heteroatoms. The van der Waals surface area contributed by atoms with E-state index in [-0.39, 0.29) is 18.4 Å². The zero-order valence-corrected chi connectivity index (χ0v) is 15.6. The number of benzene rings is 1. The summed E-state index contributed by atoms with van der Waals surface area (Å²) in [5, 5.41) is 0. The Morgan fingerprint density at radius 1 is 1.27 bits per heavy atom. The number of hydrogen-bond acceptors (Lipinski definition) is 3. The van der Waals surface area contributed by atoms with Crippen molar-refractivity contribution in [2.75, 3.05) is 5.88 Å². The average molecular weight is 388 g/mol. The van der Waals surface area contributed by atoms with Crippen LogP contribution in [-0.4, -0.2) is 21.7 Å². The molecule has 1 unspecified atom stereocenters. The SMILES string of the molecule is CC(=O)OC(CCl)(CC(Cl)(Cl)Cl)c1cccc(OC(C)C)c1. The molecule has 1 aromatic carbocycles. The van der Waals surface area contributed by atoms with Gasteiger partial charge in [-0.2, -0.15) is 0 Å². The van der Waals surface area contributed by atoms with Gasteiger partial charge in [0.25, 0.3) is 0 Å². The number of carbonyl (C=O) groups excluding carboxylic acids is 1. The van der Waals surface area contributed by atoms with Crippen molar-refractivity contribution in [1.82, 2.24) is 0 Å². The molecule has 124 valence electrons. The van der Waals surface area contributed by atoms with E-state index in [2.05, 4.69) is 0 Å². The summed E-state index contributed by atoms with van der Waals surface area (Å²) in [4.78, 5) is 11.5. The van der Waals surface area contributed by atoms with Crippen molar-refractivity contribution in [2.24, 2.45) is 0 Å². The summed E-state index contributed by atoms with van der Waals surface area (Å²) >= 11 is 23.8. The molecule has 0 aliphatic carbocycles. The van der Waals surface area contributed by atoms with Gasteiger partial charge in [0.05, 0.1) is 12.0 Å². The van der Waals surface area contributed by atoms with E-state index in [0.29, 0.717) is 11.3 Å². The first-order chi connectivity index (χ1) is 10.1. The van der Waals surface area contributed by atoms with Crippen LogP contribution >= 0.6 is 46.4 Å². The van der Waals surface area contributed by atoms with E-state index in [1.165, 1.54) is 6.92 Å². The summed E-state index contributed by atoms with van der Waals surface area (Å²) in [5.41, 5.74) is -0.628. The van der Waals surface area contributed by atoms with Gasteiger partial charge in [-0.25, -0.2) is 0 Å². The second kappa shape index (κ2) is 7.96. The van der Waals surface area contributed by atoms with Crippen LogP contribution in [0.15, 0.2) is 24.3 Å². The zero-order valence-electron chi connectivity index (χ0n) is 12.5. The fourth-order valence-corrected chi connectivity index (χ4v) is 3.02. The topological polar surface area (TPSA) is 35.5 Å². The van der Waals surface area contributed by atoms with Crippen LogP contribution < -0.4 is 4.74 Å². The Morgan fingerprint density at radius 2 is 1.91 bits per heavy atom. The van der Waals surface area contributed by atoms with Crippen LogP contribution in [0, 0.1) is 0 Å². The van der Waals surface area contributed by atoms with Gasteiger partial charge in [0.15, 0.2) is 9.39 Å². The molecule has 0 aliphatic rings. The fourth-order valence-electron chi connectivity index (χ4n) is 2.07. The van der Waals surface area contributed by atoms with Crippen molar-refractivity contribution in [3.8, 4) is 5.75 Å². The standard InChI is InChI=1S/C15H18Cl4O3/c1-10(2)21-13-6-4-5-12(7-13)14(9-16,22-11(3)20)8-15(17,18)19/h4-7,10H,8-9H2,1-3H3. The van der Waals surface area contributed by atoms with Crippen LogP contribution in [0.2, 0.25) is 0 Å². The van der Waals surface area contributed by atoms with E-state index in [1.807, 2.05) is 13.8 Å². The number of hydrogen-bond donors (Lipinski definition) is 0. The molecular weight excluding hydrogens is 370 g/mol. The second-order valence-corrected chi connectivity index (χ2v) is 7.99. The summed E-state index contributed by atoms with van der Waals surface area (Å²) in [5.74, 6) is 0.0644. The van der Waals surface area contributed by atoms with Crippen LogP contribution in [0.25, 0.3) is 0 Å². The molecule has 0 saturated carbocycles. The maximum absolute atomic E-state index is 11.5. The lowest BCUT2D eigenvalue weighted by molar-refractivity contribution is -0.156. The van der Waals surface area contributed by atoms with E-state index < -0.39 is 15.4 Å². The Bertz CT molecular complexity index is 514. The van der Waals surface area contributed by atoms with Crippen LogP contribution in [0.5, 0.6) is 5.75 Å². The van der Waals surface area contributed by atoms with Gasteiger partial charge in [-0.1, -0.05) is 46.9 Å². The monoisotopic (exact) mass is 386 g/mol. The van der Waals surface area contributed by atoms with E-state index in [9.17, 15) is 4.79 Å². The first-order valence-corrected chi connectivity index (χ1v) is 8.34. The van der Waals surface area contributed by atoms with Crippen molar-refractivity contribution < 1.29 is 14.3 Å². The number of ether oxygens (including phenoxy) is 2. The fraction of sp³-hybridized carbons (Fsp3) is 0.533. The van der Waals surface area contributed by atoms with Crippen LogP contribution in [0.3, 0.4) is 0 Å².